The van der Waals surface area contributed by atoms with Crippen LogP contribution in [0.3, 0.4) is 0 Å². The predicted molar refractivity (Wildman–Crippen MR) is 67.1 cm³/mol. The topological polar surface area (TPSA) is 52.6 Å². The fourth-order valence-corrected chi connectivity index (χ4v) is 3.58. The maximum atomic E-state index is 11.0. The molecule has 1 saturated carbocycles. The molecule has 1 unspecified atom stereocenters. The Kier molecular flexibility index (Phi) is 3.73. The van der Waals surface area contributed by atoms with Crippen LogP contribution in [0.5, 0.6) is 0 Å². The Balaban J connectivity index is 2.14. The maximum absolute atomic E-state index is 11.0. The molecular weight excluding hydrogens is 216 g/mol. The van der Waals surface area contributed by atoms with Crippen molar-refractivity contribution >= 4 is 5.97 Å². The average molecular weight is 240 g/mol. The number of hydrogen-bond donors (Lipinski definition) is 2. The number of nitrogens with one attached hydrogen (secondary N) is 1. The third-order valence-electron chi connectivity index (χ3n) is 4.16. The molecule has 1 aliphatic heterocycles. The average Bonchev–Trinajstić information content (AvgIpc) is 2.68. The van der Waals surface area contributed by atoms with E-state index >= 15 is 0 Å². The molecule has 4 heteroatoms. The molecule has 0 amide bonds. The van der Waals surface area contributed by atoms with Gasteiger partial charge in [0.05, 0.1) is 6.42 Å². The summed E-state index contributed by atoms with van der Waals surface area (Å²) in [7, 11) is 0. The molecule has 2 rings (SSSR count). The number of carboxylic acid groups (broad SMARTS) is 1. The van der Waals surface area contributed by atoms with Crippen LogP contribution in [0.25, 0.3) is 0 Å². The van der Waals surface area contributed by atoms with E-state index in [-0.39, 0.29) is 18.0 Å². The zero-order valence-corrected chi connectivity index (χ0v) is 10.9. The van der Waals surface area contributed by atoms with E-state index in [1.165, 1.54) is 25.7 Å². The summed E-state index contributed by atoms with van der Waals surface area (Å²) in [5, 5.41) is 12.4. The minimum Gasteiger partial charge on any atom is -0.481 e. The Bertz CT molecular complexity index is 285. The second-order valence-corrected chi connectivity index (χ2v) is 6.04. The van der Waals surface area contributed by atoms with Crippen molar-refractivity contribution in [2.24, 2.45) is 0 Å². The zero-order chi connectivity index (χ0) is 12.5. The molecule has 1 heterocycles. The van der Waals surface area contributed by atoms with Gasteiger partial charge in [-0.15, -0.1) is 0 Å². The molecule has 17 heavy (non-hydrogen) atoms. The maximum Gasteiger partial charge on any atom is 0.304 e. The second kappa shape index (κ2) is 4.94. The quantitative estimate of drug-likeness (QED) is 0.784. The van der Waals surface area contributed by atoms with E-state index in [0.29, 0.717) is 6.04 Å². The van der Waals surface area contributed by atoms with Gasteiger partial charge < -0.3 is 10.4 Å². The van der Waals surface area contributed by atoms with Crippen LogP contribution in [0.15, 0.2) is 0 Å². The highest BCUT2D eigenvalue weighted by Gasteiger charge is 2.41. The molecule has 1 aliphatic carbocycles. The smallest absolute Gasteiger partial charge is 0.304 e. The van der Waals surface area contributed by atoms with Crippen molar-refractivity contribution in [3.8, 4) is 0 Å². The van der Waals surface area contributed by atoms with Crippen molar-refractivity contribution < 1.29 is 9.90 Å². The van der Waals surface area contributed by atoms with Crippen molar-refractivity contribution in [1.29, 1.82) is 0 Å². The van der Waals surface area contributed by atoms with Gasteiger partial charge in [0, 0.05) is 30.7 Å². The fraction of sp³-hybridized carbons (Fsp3) is 0.923. The Morgan fingerprint density at radius 3 is 2.65 bits per heavy atom. The summed E-state index contributed by atoms with van der Waals surface area (Å²) in [6.07, 6.45) is 5.32. The summed E-state index contributed by atoms with van der Waals surface area (Å²) >= 11 is 0. The Morgan fingerprint density at radius 1 is 1.41 bits per heavy atom. The molecule has 2 aliphatic rings. The van der Waals surface area contributed by atoms with Gasteiger partial charge in [-0.2, -0.15) is 0 Å². The van der Waals surface area contributed by atoms with Crippen LogP contribution in [-0.4, -0.2) is 46.7 Å². The van der Waals surface area contributed by atoms with Crippen molar-refractivity contribution in [2.45, 2.75) is 63.6 Å². The van der Waals surface area contributed by atoms with Gasteiger partial charge >= 0.3 is 5.97 Å². The first-order valence-electron chi connectivity index (χ1n) is 6.71. The normalized spacial score (nSPS) is 30.6. The third-order valence-corrected chi connectivity index (χ3v) is 4.16. The van der Waals surface area contributed by atoms with E-state index in [2.05, 4.69) is 24.1 Å². The van der Waals surface area contributed by atoms with Gasteiger partial charge in [0.2, 0.25) is 0 Å². The molecule has 4 nitrogen and oxygen atoms in total. The summed E-state index contributed by atoms with van der Waals surface area (Å²) < 4.78 is 0. The van der Waals surface area contributed by atoms with Crippen LogP contribution in [-0.2, 0) is 4.79 Å². The monoisotopic (exact) mass is 240 g/mol. The van der Waals surface area contributed by atoms with E-state index < -0.39 is 5.97 Å². The first-order valence-corrected chi connectivity index (χ1v) is 6.71. The summed E-state index contributed by atoms with van der Waals surface area (Å²) in [5.41, 5.74) is 0.0768. The van der Waals surface area contributed by atoms with E-state index in [9.17, 15) is 4.79 Å². The van der Waals surface area contributed by atoms with Gasteiger partial charge in [0.1, 0.15) is 0 Å². The predicted octanol–water partition coefficient (Wildman–Crippen LogP) is 1.46. The van der Waals surface area contributed by atoms with Crippen LogP contribution in [0.2, 0.25) is 0 Å². The standard InChI is InChI=1S/C13H24N2O2/c1-13(2)9-14-8-11(7-12(16)17)15(13)10-5-3-4-6-10/h10-11,14H,3-9H2,1-2H3,(H,16,17). The highest BCUT2D eigenvalue weighted by atomic mass is 16.4. The lowest BCUT2D eigenvalue weighted by molar-refractivity contribution is -0.140. The highest BCUT2D eigenvalue weighted by Crippen LogP contribution is 2.33. The number of carbonyl (C=O) groups is 1. The van der Waals surface area contributed by atoms with Gasteiger partial charge in [0.15, 0.2) is 0 Å². The molecule has 0 aromatic carbocycles. The summed E-state index contributed by atoms with van der Waals surface area (Å²) in [6, 6.07) is 0.746. The van der Waals surface area contributed by atoms with E-state index in [1.807, 2.05) is 0 Å². The van der Waals surface area contributed by atoms with Crippen molar-refractivity contribution in [3.63, 3.8) is 0 Å². The molecule has 0 bridgehead atoms. The first kappa shape index (κ1) is 12.8. The van der Waals surface area contributed by atoms with Crippen LogP contribution in [0.1, 0.15) is 46.0 Å². The van der Waals surface area contributed by atoms with Crippen molar-refractivity contribution in [3.05, 3.63) is 0 Å². The van der Waals surface area contributed by atoms with E-state index in [4.69, 9.17) is 5.11 Å². The lowest BCUT2D eigenvalue weighted by Gasteiger charge is -2.51. The molecule has 98 valence electrons. The molecule has 0 aromatic rings. The SMILES string of the molecule is CC1(C)CNCC(CC(=O)O)N1C1CCCC1. The van der Waals surface area contributed by atoms with E-state index in [1.54, 1.807) is 0 Å². The number of nitrogens with zero attached hydrogens (tertiary/aromatic N) is 1. The van der Waals surface area contributed by atoms with Crippen molar-refractivity contribution in [2.75, 3.05) is 13.1 Å². The summed E-state index contributed by atoms with van der Waals surface area (Å²) in [6.45, 7) is 6.23. The summed E-state index contributed by atoms with van der Waals surface area (Å²) in [4.78, 5) is 13.5. The molecule has 0 aromatic heterocycles. The number of aliphatic carboxylic acids is 1. The van der Waals surface area contributed by atoms with Crippen molar-refractivity contribution in [1.82, 2.24) is 10.2 Å². The molecule has 0 radical (unpaired) electrons. The molecule has 0 spiro atoms. The van der Waals surface area contributed by atoms with Gasteiger partial charge in [-0.3, -0.25) is 9.69 Å². The van der Waals surface area contributed by atoms with Gasteiger partial charge in [-0.05, 0) is 26.7 Å². The number of carboxylic acids is 1. The molecule has 1 saturated heterocycles. The Labute approximate surface area is 103 Å². The minimum absolute atomic E-state index is 0.0768. The van der Waals surface area contributed by atoms with Gasteiger partial charge in [0.25, 0.3) is 0 Å². The molecule has 2 N–H and O–H groups in total. The van der Waals surface area contributed by atoms with E-state index in [0.717, 1.165) is 13.1 Å². The Morgan fingerprint density at radius 2 is 2.06 bits per heavy atom. The number of rotatable bonds is 3. The van der Waals surface area contributed by atoms with Gasteiger partial charge in [-0.25, -0.2) is 0 Å². The third kappa shape index (κ3) is 2.80. The Hall–Kier alpha value is -0.610. The second-order valence-electron chi connectivity index (χ2n) is 6.04. The highest BCUT2D eigenvalue weighted by molar-refractivity contribution is 5.67. The number of hydrogen-bond acceptors (Lipinski definition) is 3. The largest absolute Gasteiger partial charge is 0.481 e. The number of piperazine rings is 1. The van der Waals surface area contributed by atoms with Crippen LogP contribution in [0, 0.1) is 0 Å². The first-order chi connectivity index (χ1) is 8.00. The van der Waals surface area contributed by atoms with Crippen LogP contribution >= 0.6 is 0 Å². The minimum atomic E-state index is -0.683. The summed E-state index contributed by atoms with van der Waals surface area (Å²) in [5.74, 6) is -0.683. The fourth-order valence-electron chi connectivity index (χ4n) is 3.58. The zero-order valence-electron chi connectivity index (χ0n) is 10.9. The molecular formula is C13H24N2O2. The lowest BCUT2D eigenvalue weighted by Crippen LogP contribution is -2.65. The lowest BCUT2D eigenvalue weighted by atomic mass is 9.91. The molecule has 2 fully saturated rings. The van der Waals surface area contributed by atoms with Gasteiger partial charge in [-0.1, -0.05) is 12.8 Å². The van der Waals surface area contributed by atoms with Crippen LogP contribution in [0.4, 0.5) is 0 Å². The van der Waals surface area contributed by atoms with Crippen LogP contribution < -0.4 is 5.32 Å². The molecule has 1 atom stereocenters.